The van der Waals surface area contributed by atoms with E-state index >= 15 is 0 Å². The Labute approximate surface area is 115 Å². The molecule has 0 saturated carbocycles. The van der Waals surface area contributed by atoms with E-state index < -0.39 is 0 Å². The van der Waals surface area contributed by atoms with Gasteiger partial charge in [0.1, 0.15) is 0 Å². The minimum atomic E-state index is 0.0881. The van der Waals surface area contributed by atoms with Gasteiger partial charge in [-0.05, 0) is 31.2 Å². The minimum Gasteiger partial charge on any atom is -0.381 e. The fourth-order valence-electron chi connectivity index (χ4n) is 3.15. The van der Waals surface area contributed by atoms with Gasteiger partial charge in [-0.25, -0.2) is 0 Å². The summed E-state index contributed by atoms with van der Waals surface area (Å²) < 4.78 is 11.5. The third-order valence-electron chi connectivity index (χ3n) is 4.33. The highest BCUT2D eigenvalue weighted by atomic mass is 16.5. The number of rotatable bonds is 3. The molecule has 0 aromatic heterocycles. The number of hydrogen-bond acceptors (Lipinski definition) is 3. The molecule has 0 aliphatic carbocycles. The smallest absolute Gasteiger partial charge is 0.0741 e. The molecule has 3 nitrogen and oxygen atoms in total. The van der Waals surface area contributed by atoms with Crippen LogP contribution in [0.2, 0.25) is 0 Å². The Balaban J connectivity index is 1.53. The Kier molecular flexibility index (Phi) is 4.16. The maximum absolute atomic E-state index is 6.07. The van der Waals surface area contributed by atoms with Gasteiger partial charge in [0.25, 0.3) is 0 Å². The van der Waals surface area contributed by atoms with Crippen LogP contribution in [0.5, 0.6) is 0 Å². The largest absolute Gasteiger partial charge is 0.381 e. The molecule has 3 rings (SSSR count). The maximum atomic E-state index is 6.07. The maximum Gasteiger partial charge on any atom is 0.0741 e. The van der Waals surface area contributed by atoms with Gasteiger partial charge in [0.2, 0.25) is 0 Å². The van der Waals surface area contributed by atoms with Crippen molar-refractivity contribution >= 4 is 0 Å². The van der Waals surface area contributed by atoms with Crippen molar-refractivity contribution in [1.82, 2.24) is 5.32 Å². The van der Waals surface area contributed by atoms with Crippen molar-refractivity contribution in [2.75, 3.05) is 19.8 Å². The summed E-state index contributed by atoms with van der Waals surface area (Å²) in [6.45, 7) is 3.54. The van der Waals surface area contributed by atoms with Crippen LogP contribution in [0.25, 0.3) is 0 Å². The molecule has 1 aromatic carbocycles. The van der Waals surface area contributed by atoms with Gasteiger partial charge in [0.15, 0.2) is 0 Å². The van der Waals surface area contributed by atoms with Gasteiger partial charge in [-0.15, -0.1) is 0 Å². The van der Waals surface area contributed by atoms with Crippen molar-refractivity contribution < 1.29 is 9.47 Å². The summed E-state index contributed by atoms with van der Waals surface area (Å²) in [5, 5.41) is 3.69. The zero-order valence-corrected chi connectivity index (χ0v) is 11.4. The molecule has 2 heterocycles. The van der Waals surface area contributed by atoms with Crippen LogP contribution in [-0.4, -0.2) is 31.5 Å². The van der Waals surface area contributed by atoms with Gasteiger partial charge < -0.3 is 14.8 Å². The van der Waals surface area contributed by atoms with Crippen LogP contribution >= 0.6 is 0 Å². The molecule has 104 valence electrons. The number of nitrogens with one attached hydrogen (secondary N) is 1. The first-order valence-corrected chi connectivity index (χ1v) is 7.35. The van der Waals surface area contributed by atoms with Gasteiger partial charge in [0, 0.05) is 32.4 Å². The van der Waals surface area contributed by atoms with E-state index in [0.717, 1.165) is 52.0 Å². The van der Waals surface area contributed by atoms with Gasteiger partial charge in [0.05, 0.1) is 5.60 Å². The van der Waals surface area contributed by atoms with E-state index in [2.05, 4.69) is 35.6 Å². The van der Waals surface area contributed by atoms with E-state index in [4.69, 9.17) is 9.47 Å². The van der Waals surface area contributed by atoms with E-state index in [1.54, 1.807) is 0 Å². The minimum absolute atomic E-state index is 0.0881. The summed E-state index contributed by atoms with van der Waals surface area (Å²) in [6.07, 6.45) is 4.35. The molecule has 0 radical (unpaired) electrons. The molecule has 2 aliphatic heterocycles. The Morgan fingerprint density at radius 3 is 2.68 bits per heavy atom. The molecule has 0 amide bonds. The first-order chi connectivity index (χ1) is 9.36. The predicted octanol–water partition coefficient (Wildman–Crippen LogP) is 2.50. The SMILES string of the molecule is c1ccc(CNC2CCOC3(CCOCC3)C2)cc1. The van der Waals surface area contributed by atoms with Crippen molar-refractivity contribution in [1.29, 1.82) is 0 Å². The fourth-order valence-corrected chi connectivity index (χ4v) is 3.15. The lowest BCUT2D eigenvalue weighted by atomic mass is 9.84. The highest BCUT2D eigenvalue weighted by molar-refractivity contribution is 5.14. The molecule has 2 fully saturated rings. The van der Waals surface area contributed by atoms with Gasteiger partial charge in [-0.3, -0.25) is 0 Å². The monoisotopic (exact) mass is 261 g/mol. The topological polar surface area (TPSA) is 30.5 Å². The standard InChI is InChI=1S/C16H23NO2/c1-2-4-14(5-3-1)13-17-15-6-9-19-16(12-15)7-10-18-11-8-16/h1-5,15,17H,6-13H2. The van der Waals surface area contributed by atoms with Crippen LogP contribution in [0.3, 0.4) is 0 Å². The molecule has 19 heavy (non-hydrogen) atoms. The summed E-state index contributed by atoms with van der Waals surface area (Å²) in [4.78, 5) is 0. The second-order valence-electron chi connectivity index (χ2n) is 5.70. The third kappa shape index (κ3) is 3.35. The summed E-state index contributed by atoms with van der Waals surface area (Å²) >= 11 is 0. The van der Waals surface area contributed by atoms with Crippen LogP contribution in [0.15, 0.2) is 30.3 Å². The van der Waals surface area contributed by atoms with Crippen LogP contribution in [0.4, 0.5) is 0 Å². The zero-order chi connectivity index (χ0) is 13.0. The fraction of sp³-hybridized carbons (Fsp3) is 0.625. The van der Waals surface area contributed by atoms with Gasteiger partial charge >= 0.3 is 0 Å². The van der Waals surface area contributed by atoms with Crippen LogP contribution in [0, 0.1) is 0 Å². The number of benzene rings is 1. The highest BCUT2D eigenvalue weighted by Gasteiger charge is 2.38. The van der Waals surface area contributed by atoms with Crippen LogP contribution < -0.4 is 5.32 Å². The first-order valence-electron chi connectivity index (χ1n) is 7.35. The van der Waals surface area contributed by atoms with Gasteiger partial charge in [-0.2, -0.15) is 0 Å². The summed E-state index contributed by atoms with van der Waals surface area (Å²) in [6, 6.07) is 11.2. The van der Waals surface area contributed by atoms with Crippen LogP contribution in [-0.2, 0) is 16.0 Å². The second kappa shape index (κ2) is 6.04. The van der Waals surface area contributed by atoms with Crippen LogP contribution in [0.1, 0.15) is 31.2 Å². The lowest BCUT2D eigenvalue weighted by molar-refractivity contribution is -0.140. The lowest BCUT2D eigenvalue weighted by Gasteiger charge is -2.43. The molecule has 1 unspecified atom stereocenters. The Morgan fingerprint density at radius 1 is 1.11 bits per heavy atom. The Morgan fingerprint density at radius 2 is 1.89 bits per heavy atom. The number of hydrogen-bond donors (Lipinski definition) is 1. The molecular formula is C16H23NO2. The lowest BCUT2D eigenvalue weighted by Crippen LogP contribution is -2.49. The molecule has 3 heteroatoms. The first kappa shape index (κ1) is 13.1. The Bertz CT molecular complexity index is 381. The molecule has 0 bridgehead atoms. The molecule has 2 aliphatic rings. The van der Waals surface area contributed by atoms with Crippen molar-refractivity contribution in [3.8, 4) is 0 Å². The average molecular weight is 261 g/mol. The summed E-state index contributed by atoms with van der Waals surface area (Å²) in [5.41, 5.74) is 1.44. The van der Waals surface area contributed by atoms with Gasteiger partial charge in [-0.1, -0.05) is 30.3 Å². The predicted molar refractivity (Wildman–Crippen MR) is 75.0 cm³/mol. The summed E-state index contributed by atoms with van der Waals surface area (Å²) in [7, 11) is 0. The second-order valence-corrected chi connectivity index (χ2v) is 5.70. The third-order valence-corrected chi connectivity index (χ3v) is 4.33. The number of ether oxygens (including phenoxy) is 2. The molecule has 2 saturated heterocycles. The van der Waals surface area contributed by atoms with Crippen molar-refractivity contribution in [2.24, 2.45) is 0 Å². The zero-order valence-electron chi connectivity index (χ0n) is 11.4. The van der Waals surface area contributed by atoms with E-state index in [1.807, 2.05) is 0 Å². The Hall–Kier alpha value is -0.900. The molecule has 1 N–H and O–H groups in total. The molecule has 1 aromatic rings. The molecule has 1 atom stereocenters. The van der Waals surface area contributed by atoms with E-state index in [-0.39, 0.29) is 5.60 Å². The summed E-state index contributed by atoms with van der Waals surface area (Å²) in [5.74, 6) is 0. The molecule has 1 spiro atoms. The van der Waals surface area contributed by atoms with Crippen molar-refractivity contribution in [2.45, 2.75) is 43.9 Å². The highest BCUT2D eigenvalue weighted by Crippen LogP contribution is 2.34. The quantitative estimate of drug-likeness (QED) is 0.907. The normalized spacial score (nSPS) is 26.4. The molecular weight excluding hydrogens is 238 g/mol. The van der Waals surface area contributed by atoms with E-state index in [9.17, 15) is 0 Å². The van der Waals surface area contributed by atoms with E-state index in [1.165, 1.54) is 5.56 Å². The average Bonchev–Trinajstić information content (AvgIpc) is 2.47. The van der Waals surface area contributed by atoms with Crippen molar-refractivity contribution in [3.05, 3.63) is 35.9 Å². The van der Waals surface area contributed by atoms with Crippen molar-refractivity contribution in [3.63, 3.8) is 0 Å². The van der Waals surface area contributed by atoms with E-state index in [0.29, 0.717) is 6.04 Å².